The average molecular weight is 843 g/mol. The zero-order valence-electron chi connectivity index (χ0n) is 37.5. The topological polar surface area (TPSA) is 25.6 Å². The van der Waals surface area contributed by atoms with Crippen molar-refractivity contribution in [1.29, 1.82) is 0 Å². The minimum absolute atomic E-state index is 0.0103. The fourth-order valence-corrected chi connectivity index (χ4v) is 11.8. The highest BCUT2D eigenvalue weighted by molar-refractivity contribution is 6.70. The Balaban J connectivity index is 1.26. The minimum Gasteiger partial charge on any atom is -0.457 e. The number of ether oxygens (including phenoxy) is 1. The molecule has 1 aromatic heterocycles. The number of anilines is 3. The van der Waals surface area contributed by atoms with Crippen LogP contribution in [0.15, 0.2) is 95.4 Å². The highest BCUT2D eigenvalue weighted by Gasteiger charge is 2.51. The maximum Gasteiger partial charge on any atom is 0.132 e. The van der Waals surface area contributed by atoms with Crippen LogP contribution in [0.4, 0.5) is 17.1 Å². The van der Waals surface area contributed by atoms with Crippen molar-refractivity contribution in [2.75, 3.05) is 4.90 Å². The van der Waals surface area contributed by atoms with Crippen LogP contribution in [0.25, 0.3) is 44.2 Å². The van der Waals surface area contributed by atoms with Crippen molar-refractivity contribution < 1.29 is 9.15 Å². The number of furan rings is 1. The van der Waals surface area contributed by atoms with E-state index in [1.54, 1.807) is 4.90 Å². The summed E-state index contributed by atoms with van der Waals surface area (Å²) in [4.78, 5) is 1.79. The highest BCUT2D eigenvalue weighted by atomic mass is 16.5. The van der Waals surface area contributed by atoms with Crippen LogP contribution in [0.2, 0.25) is 0 Å². The average Bonchev–Trinajstić information content (AvgIpc) is 3.97. The first-order valence-corrected chi connectivity index (χ1v) is 22.0. The van der Waals surface area contributed by atoms with Gasteiger partial charge in [0.15, 0.2) is 0 Å². The molecule has 0 amide bonds. The zero-order valence-corrected chi connectivity index (χ0v) is 37.5. The number of nitrogens with zero attached hydrogens (tertiary/aromatic N) is 1. The van der Waals surface area contributed by atoms with Crippen LogP contribution in [-0.4, -0.2) is 110 Å². The van der Waals surface area contributed by atoms with Crippen molar-refractivity contribution in [3.8, 4) is 33.8 Å². The SMILES string of the molecule is [B]c1c([B])c([B])c2c(c1[B])-c1c([B])c([B])c(N(c3ccc4c(c3)C3(c5ccccc5O4)c4ccccc4-c4ccccc43)c3c([B])c([B])c([B])c4oc5c([B])c([B])c([B])c([B])c5c34)c([B])c1C2(C)C. The Morgan fingerprint density at radius 1 is 0.391 bits per heavy atom. The second-order valence-electron chi connectivity index (χ2n) is 18.6. The normalized spacial score (nSPS) is 14.2. The summed E-state index contributed by atoms with van der Waals surface area (Å²) in [6.45, 7) is 3.90. The highest BCUT2D eigenvalue weighted by Crippen LogP contribution is 2.62. The Hall–Kier alpha value is -5.93. The first-order valence-electron chi connectivity index (χ1n) is 22.0. The van der Waals surface area contributed by atoms with E-state index >= 15 is 0 Å². The second kappa shape index (κ2) is 14.8. The third kappa shape index (κ3) is 5.38. The van der Waals surface area contributed by atoms with E-state index in [9.17, 15) is 0 Å². The van der Waals surface area contributed by atoms with E-state index in [0.29, 0.717) is 39.4 Å². The van der Waals surface area contributed by atoms with Gasteiger partial charge in [-0.2, -0.15) is 0 Å². The Bertz CT molecular complexity index is 3830. The molecule has 0 unspecified atom stereocenters. The molecule has 69 heavy (non-hydrogen) atoms. The van der Waals surface area contributed by atoms with Crippen LogP contribution in [0.5, 0.6) is 11.5 Å². The van der Waals surface area contributed by atoms with Gasteiger partial charge in [0.1, 0.15) is 133 Å². The molecule has 2 heterocycles. The van der Waals surface area contributed by atoms with Crippen molar-refractivity contribution in [3.05, 3.63) is 124 Å². The third-order valence-electron chi connectivity index (χ3n) is 14.9. The first kappa shape index (κ1) is 44.3. The summed E-state index contributed by atoms with van der Waals surface area (Å²) in [5.74, 6) is 1.30. The number of fused-ring (bicyclic) bond motifs is 15. The molecule has 3 nitrogen and oxygen atoms in total. The predicted octanol–water partition coefficient (Wildman–Crippen LogP) is -3.06. The summed E-state index contributed by atoms with van der Waals surface area (Å²) in [7, 11) is 96.6. The summed E-state index contributed by atoms with van der Waals surface area (Å²) in [6, 6.07) is 30.6. The Morgan fingerprint density at radius 2 is 0.855 bits per heavy atom. The van der Waals surface area contributed by atoms with Gasteiger partial charge in [0.05, 0.1) is 16.5 Å². The molecule has 8 aromatic carbocycles. The fourth-order valence-electron chi connectivity index (χ4n) is 11.8. The largest absolute Gasteiger partial charge is 0.457 e. The summed E-state index contributed by atoms with van der Waals surface area (Å²) in [6.07, 6.45) is 0. The molecule has 0 saturated carbocycles. The van der Waals surface area contributed by atoms with Crippen LogP contribution in [0.1, 0.15) is 47.2 Å². The van der Waals surface area contributed by atoms with Gasteiger partial charge in [0.2, 0.25) is 0 Å². The minimum atomic E-state index is -0.986. The summed E-state index contributed by atoms with van der Waals surface area (Å²) < 4.78 is 13.3. The number of hydrogen-bond acceptors (Lipinski definition) is 3. The molecule has 1 spiro atoms. The van der Waals surface area contributed by atoms with Gasteiger partial charge in [-0.05, 0) is 68.8 Å². The zero-order chi connectivity index (χ0) is 48.7. The lowest BCUT2D eigenvalue weighted by molar-refractivity contribution is 0.436. The molecule has 0 fully saturated rings. The smallest absolute Gasteiger partial charge is 0.132 e. The number of hydrogen-bond donors (Lipinski definition) is 0. The summed E-state index contributed by atoms with van der Waals surface area (Å²) >= 11 is 0. The van der Waals surface area contributed by atoms with Gasteiger partial charge in [0, 0.05) is 33.3 Å². The van der Waals surface area contributed by atoms with Crippen LogP contribution in [0.3, 0.4) is 0 Å². The third-order valence-corrected chi connectivity index (χ3v) is 14.9. The Morgan fingerprint density at radius 3 is 1.49 bits per heavy atom. The van der Waals surface area contributed by atoms with E-state index in [0.717, 1.165) is 33.4 Å². The Kier molecular flexibility index (Phi) is 9.50. The van der Waals surface area contributed by atoms with E-state index in [1.807, 2.05) is 74.5 Å². The van der Waals surface area contributed by atoms with Crippen molar-refractivity contribution >= 4 is 225 Å². The van der Waals surface area contributed by atoms with Gasteiger partial charge in [-0.15, -0.1) is 27.3 Å². The predicted molar refractivity (Wildman–Crippen MR) is 299 cm³/mol. The van der Waals surface area contributed by atoms with E-state index in [-0.39, 0.29) is 110 Å². The van der Waals surface area contributed by atoms with Crippen molar-refractivity contribution in [2.45, 2.75) is 24.7 Å². The molecule has 0 saturated heterocycles. The molecule has 28 radical (unpaired) electrons. The number of para-hydroxylation sites is 1. The molecule has 9 aromatic rings. The van der Waals surface area contributed by atoms with Gasteiger partial charge in [-0.1, -0.05) is 130 Å². The fraction of sp³-hybridized carbons (Fsp3) is 0.0769. The van der Waals surface area contributed by atoms with Crippen LogP contribution in [-0.2, 0) is 10.8 Å². The van der Waals surface area contributed by atoms with Gasteiger partial charge in [-0.25, -0.2) is 0 Å². The van der Waals surface area contributed by atoms with E-state index in [4.69, 9.17) is 119 Å². The van der Waals surface area contributed by atoms with Crippen molar-refractivity contribution in [3.63, 3.8) is 0 Å². The van der Waals surface area contributed by atoms with Gasteiger partial charge >= 0.3 is 0 Å². The van der Waals surface area contributed by atoms with E-state index in [1.165, 1.54) is 0 Å². The van der Waals surface area contributed by atoms with Gasteiger partial charge in [-0.3, -0.25) is 0 Å². The molecule has 12 rings (SSSR count). The lowest BCUT2D eigenvalue weighted by Gasteiger charge is -2.41. The van der Waals surface area contributed by atoms with Crippen LogP contribution < -0.4 is 86.1 Å². The van der Waals surface area contributed by atoms with Gasteiger partial charge < -0.3 is 14.1 Å². The lowest BCUT2D eigenvalue weighted by Crippen LogP contribution is -2.51. The molecule has 1 aliphatic heterocycles. The monoisotopic (exact) mass is 845 g/mol. The van der Waals surface area contributed by atoms with Crippen LogP contribution >= 0.6 is 0 Å². The second-order valence-corrected chi connectivity index (χ2v) is 18.6. The van der Waals surface area contributed by atoms with Crippen molar-refractivity contribution in [1.82, 2.24) is 0 Å². The van der Waals surface area contributed by atoms with Crippen LogP contribution in [0, 0.1) is 0 Å². The Labute approximate surface area is 419 Å². The lowest BCUT2D eigenvalue weighted by atomic mass is 9.61. The molecule has 2 aliphatic carbocycles. The van der Waals surface area contributed by atoms with Gasteiger partial charge in [0.25, 0.3) is 0 Å². The van der Waals surface area contributed by atoms with E-state index < -0.39 is 10.8 Å². The summed E-state index contributed by atoms with van der Waals surface area (Å²) in [5, 5.41) is 0.550. The molecule has 0 bridgehead atoms. The van der Waals surface area contributed by atoms with E-state index in [2.05, 4.69) is 30.3 Å². The maximum atomic E-state index is 7.65. The molecule has 0 atom stereocenters. The first-order chi connectivity index (χ1) is 32.9. The molecular formula is C52H21B14NO2. The standard InChI is InChI=1S/C52H21B14NO2/c1-51(2)31-27(33(53)38(58)40(60)36(31)56)28-32(51)37(57)48(43(63)34(28)54)67(47-30-29-35(55)39(59)41(61)45(65)49(29)69-50(30)46(66)42(62)44(47)64)18-15-16-26-24(17-18)52(23-13-7-8-14-25(23)68-26)21-11-5-3-9-19(21)20-10-4-6-12-22(20)52/h3-17H,1-2H3. The maximum absolute atomic E-state index is 7.65. The summed E-state index contributed by atoms with van der Waals surface area (Å²) in [5.41, 5.74) is 8.43. The quantitative estimate of drug-likeness (QED) is 0.177. The molecule has 3 aliphatic rings. The molecular weight excluding hydrogens is 822 g/mol. The number of benzene rings is 8. The molecule has 0 N–H and O–H groups in total. The molecule has 17 heteroatoms. The number of rotatable bonds is 3. The molecule has 288 valence electrons. The van der Waals surface area contributed by atoms with Crippen molar-refractivity contribution in [2.24, 2.45) is 0 Å².